The van der Waals surface area contributed by atoms with E-state index in [1.165, 1.54) is 0 Å². The van der Waals surface area contributed by atoms with E-state index in [9.17, 15) is 4.79 Å². The van der Waals surface area contributed by atoms with Crippen LogP contribution in [0.25, 0.3) is 0 Å². The van der Waals surface area contributed by atoms with Gasteiger partial charge in [0.05, 0.1) is 11.3 Å². The topological polar surface area (TPSA) is 52.9 Å². The van der Waals surface area contributed by atoms with Crippen molar-refractivity contribution in [3.8, 4) is 6.07 Å². The number of hydrogen-bond donors (Lipinski definition) is 1. The van der Waals surface area contributed by atoms with E-state index in [1.807, 2.05) is 6.07 Å². The van der Waals surface area contributed by atoms with E-state index in [0.29, 0.717) is 23.6 Å². The number of para-hydroxylation sites is 1. The van der Waals surface area contributed by atoms with E-state index in [0.717, 1.165) is 12.8 Å². The lowest BCUT2D eigenvalue weighted by molar-refractivity contribution is -0.116. The monoisotopic (exact) mass is 200 g/mol. The SMILES string of the molecule is N#Cc1ccccc1NC(=O)CC1CC1. The van der Waals surface area contributed by atoms with Crippen LogP contribution in [-0.4, -0.2) is 5.91 Å². The molecule has 3 nitrogen and oxygen atoms in total. The average Bonchev–Trinajstić information content (AvgIpc) is 3.02. The number of nitriles is 1. The molecule has 0 unspecified atom stereocenters. The van der Waals surface area contributed by atoms with Crippen molar-refractivity contribution in [2.45, 2.75) is 19.3 Å². The molecule has 3 heteroatoms. The van der Waals surface area contributed by atoms with Gasteiger partial charge in [0.2, 0.25) is 5.91 Å². The van der Waals surface area contributed by atoms with Crippen molar-refractivity contribution < 1.29 is 4.79 Å². The maximum Gasteiger partial charge on any atom is 0.224 e. The normalized spacial score (nSPS) is 14.3. The average molecular weight is 200 g/mol. The van der Waals surface area contributed by atoms with Crippen LogP contribution in [-0.2, 0) is 4.79 Å². The molecule has 15 heavy (non-hydrogen) atoms. The second-order valence-electron chi connectivity index (χ2n) is 3.85. The lowest BCUT2D eigenvalue weighted by atomic mass is 10.2. The number of nitrogens with one attached hydrogen (secondary N) is 1. The predicted octanol–water partition coefficient (Wildman–Crippen LogP) is 2.30. The van der Waals surface area contributed by atoms with Gasteiger partial charge in [-0.15, -0.1) is 0 Å². The summed E-state index contributed by atoms with van der Waals surface area (Å²) in [5.74, 6) is 0.583. The van der Waals surface area contributed by atoms with Crippen molar-refractivity contribution >= 4 is 11.6 Å². The van der Waals surface area contributed by atoms with Crippen molar-refractivity contribution in [1.82, 2.24) is 0 Å². The van der Waals surface area contributed by atoms with Gasteiger partial charge < -0.3 is 5.32 Å². The minimum absolute atomic E-state index is 0.0141. The number of rotatable bonds is 3. The smallest absolute Gasteiger partial charge is 0.224 e. The summed E-state index contributed by atoms with van der Waals surface area (Å²) in [5, 5.41) is 11.6. The summed E-state index contributed by atoms with van der Waals surface area (Å²) >= 11 is 0. The van der Waals surface area contributed by atoms with E-state index in [4.69, 9.17) is 5.26 Å². The highest BCUT2D eigenvalue weighted by molar-refractivity contribution is 5.92. The molecule has 0 saturated heterocycles. The molecule has 1 saturated carbocycles. The highest BCUT2D eigenvalue weighted by Crippen LogP contribution is 2.32. The van der Waals surface area contributed by atoms with Crippen molar-refractivity contribution in [3.05, 3.63) is 29.8 Å². The zero-order chi connectivity index (χ0) is 10.7. The van der Waals surface area contributed by atoms with Gasteiger partial charge in [-0.25, -0.2) is 0 Å². The standard InChI is InChI=1S/C12H12N2O/c13-8-10-3-1-2-4-11(10)14-12(15)7-9-5-6-9/h1-4,9H,5-7H2,(H,14,15). The molecule has 0 radical (unpaired) electrons. The third-order valence-corrected chi connectivity index (χ3v) is 2.49. The van der Waals surface area contributed by atoms with Crippen LogP contribution >= 0.6 is 0 Å². The summed E-state index contributed by atoms with van der Waals surface area (Å²) < 4.78 is 0. The number of benzene rings is 1. The highest BCUT2D eigenvalue weighted by atomic mass is 16.1. The quantitative estimate of drug-likeness (QED) is 0.813. The van der Waals surface area contributed by atoms with Crippen LogP contribution in [0.3, 0.4) is 0 Å². The zero-order valence-electron chi connectivity index (χ0n) is 8.36. The first-order valence-corrected chi connectivity index (χ1v) is 5.08. The number of nitrogens with zero attached hydrogens (tertiary/aromatic N) is 1. The molecule has 0 spiro atoms. The second-order valence-corrected chi connectivity index (χ2v) is 3.85. The molecule has 0 aliphatic heterocycles. The lowest BCUT2D eigenvalue weighted by Crippen LogP contribution is -2.12. The molecule has 0 heterocycles. The highest BCUT2D eigenvalue weighted by Gasteiger charge is 2.24. The van der Waals surface area contributed by atoms with E-state index in [-0.39, 0.29) is 5.91 Å². The largest absolute Gasteiger partial charge is 0.325 e. The number of hydrogen-bond acceptors (Lipinski definition) is 2. The molecule has 1 fully saturated rings. The van der Waals surface area contributed by atoms with Gasteiger partial charge in [0.25, 0.3) is 0 Å². The van der Waals surface area contributed by atoms with Crippen molar-refractivity contribution in [3.63, 3.8) is 0 Å². The number of amides is 1. The Labute approximate surface area is 88.7 Å². The number of anilines is 1. The molecule has 1 aliphatic rings. The molecular weight excluding hydrogens is 188 g/mol. The molecule has 1 aliphatic carbocycles. The first-order valence-electron chi connectivity index (χ1n) is 5.08. The lowest BCUT2D eigenvalue weighted by Gasteiger charge is -2.05. The van der Waals surface area contributed by atoms with E-state index < -0.39 is 0 Å². The molecule has 1 aromatic rings. The Kier molecular flexibility index (Phi) is 2.68. The second kappa shape index (κ2) is 4.14. The molecule has 0 aromatic heterocycles. The Balaban J connectivity index is 2.02. The predicted molar refractivity (Wildman–Crippen MR) is 57.1 cm³/mol. The summed E-state index contributed by atoms with van der Waals surface area (Å²) in [6.45, 7) is 0. The van der Waals surface area contributed by atoms with Crippen molar-refractivity contribution in [1.29, 1.82) is 5.26 Å². The van der Waals surface area contributed by atoms with Gasteiger partial charge in [0.15, 0.2) is 0 Å². The Morgan fingerprint density at radius 1 is 1.47 bits per heavy atom. The maximum absolute atomic E-state index is 11.5. The molecule has 1 N–H and O–H groups in total. The third kappa shape index (κ3) is 2.57. The summed E-state index contributed by atoms with van der Waals surface area (Å²) in [7, 11) is 0. The number of carbonyl (C=O) groups excluding carboxylic acids is 1. The molecular formula is C12H12N2O. The molecule has 0 bridgehead atoms. The Hall–Kier alpha value is -1.82. The first kappa shape index (κ1) is 9.72. The minimum Gasteiger partial charge on any atom is -0.325 e. The fourth-order valence-corrected chi connectivity index (χ4v) is 1.48. The molecule has 2 rings (SSSR count). The summed E-state index contributed by atoms with van der Waals surface area (Å²) in [4.78, 5) is 11.5. The van der Waals surface area contributed by atoms with Gasteiger partial charge in [0, 0.05) is 6.42 Å². The number of carbonyl (C=O) groups is 1. The van der Waals surface area contributed by atoms with Crippen LogP contribution in [0.5, 0.6) is 0 Å². The van der Waals surface area contributed by atoms with Crippen LogP contribution in [0.2, 0.25) is 0 Å². The summed E-state index contributed by atoms with van der Waals surface area (Å²) in [6.07, 6.45) is 2.90. The van der Waals surface area contributed by atoms with Gasteiger partial charge >= 0.3 is 0 Å². The van der Waals surface area contributed by atoms with Crippen LogP contribution in [0.1, 0.15) is 24.8 Å². The summed E-state index contributed by atoms with van der Waals surface area (Å²) in [5.41, 5.74) is 1.13. The first-order chi connectivity index (χ1) is 7.29. The van der Waals surface area contributed by atoms with Gasteiger partial charge in [-0.1, -0.05) is 12.1 Å². The van der Waals surface area contributed by atoms with E-state index >= 15 is 0 Å². The minimum atomic E-state index is 0.0141. The van der Waals surface area contributed by atoms with Crippen molar-refractivity contribution in [2.75, 3.05) is 5.32 Å². The van der Waals surface area contributed by atoms with E-state index in [2.05, 4.69) is 11.4 Å². The molecule has 76 valence electrons. The van der Waals surface area contributed by atoms with E-state index in [1.54, 1.807) is 18.2 Å². The van der Waals surface area contributed by atoms with Crippen LogP contribution < -0.4 is 5.32 Å². The molecule has 1 amide bonds. The van der Waals surface area contributed by atoms with Crippen LogP contribution in [0.15, 0.2) is 24.3 Å². The zero-order valence-corrected chi connectivity index (χ0v) is 8.36. The van der Waals surface area contributed by atoms with Gasteiger partial charge in [-0.3, -0.25) is 4.79 Å². The van der Waals surface area contributed by atoms with Gasteiger partial charge in [0.1, 0.15) is 6.07 Å². The molecule has 0 atom stereocenters. The maximum atomic E-state index is 11.5. The third-order valence-electron chi connectivity index (χ3n) is 2.49. The van der Waals surface area contributed by atoms with Gasteiger partial charge in [-0.2, -0.15) is 5.26 Å². The van der Waals surface area contributed by atoms with Crippen LogP contribution in [0.4, 0.5) is 5.69 Å². The Morgan fingerprint density at radius 2 is 2.20 bits per heavy atom. The Morgan fingerprint density at radius 3 is 2.87 bits per heavy atom. The summed E-state index contributed by atoms with van der Waals surface area (Å²) in [6, 6.07) is 9.11. The fourth-order valence-electron chi connectivity index (χ4n) is 1.48. The fraction of sp³-hybridized carbons (Fsp3) is 0.333. The van der Waals surface area contributed by atoms with Crippen molar-refractivity contribution in [2.24, 2.45) is 5.92 Å². The Bertz CT molecular complexity index is 416. The van der Waals surface area contributed by atoms with Gasteiger partial charge in [-0.05, 0) is 30.9 Å². The van der Waals surface area contributed by atoms with Crippen LogP contribution in [0, 0.1) is 17.2 Å². The molecule has 1 aromatic carbocycles.